The molecule has 4 heterocycles. The Morgan fingerprint density at radius 1 is 1.52 bits per heavy atom. The predicted octanol–water partition coefficient (Wildman–Crippen LogP) is 1.97. The van der Waals surface area contributed by atoms with E-state index in [1.807, 2.05) is 10.8 Å². The van der Waals surface area contributed by atoms with Crippen LogP contribution in [0.5, 0.6) is 0 Å². The second-order valence-electron chi connectivity index (χ2n) is 6.13. The summed E-state index contributed by atoms with van der Waals surface area (Å²) < 4.78 is 2.00. The van der Waals surface area contributed by atoms with Gasteiger partial charge in [0.05, 0.1) is 25.2 Å². The van der Waals surface area contributed by atoms with Crippen molar-refractivity contribution in [3.63, 3.8) is 0 Å². The zero-order valence-corrected chi connectivity index (χ0v) is 14.0. The molecule has 6 nitrogen and oxygen atoms in total. The molecule has 1 amide bonds. The van der Waals surface area contributed by atoms with E-state index < -0.39 is 0 Å². The van der Waals surface area contributed by atoms with Crippen LogP contribution in [-0.2, 0) is 22.7 Å². The topological polar surface area (TPSA) is 50.6 Å². The maximum absolute atomic E-state index is 12.8. The second kappa shape index (κ2) is 6.07. The van der Waals surface area contributed by atoms with Gasteiger partial charge in [0.2, 0.25) is 0 Å². The van der Waals surface area contributed by atoms with Crippen LogP contribution in [0.1, 0.15) is 28.6 Å². The SMILES string of the molecule is Cc1ccsc1CN1Cc2cncn2[C@@H](C(=O)N2CCCO2)C1. The number of amides is 1. The van der Waals surface area contributed by atoms with E-state index in [4.69, 9.17) is 4.84 Å². The van der Waals surface area contributed by atoms with E-state index in [1.54, 1.807) is 17.7 Å². The fourth-order valence-corrected chi connectivity index (χ4v) is 4.18. The summed E-state index contributed by atoms with van der Waals surface area (Å²) in [4.78, 5) is 26.2. The Kier molecular flexibility index (Phi) is 3.92. The number of thiophene rings is 1. The van der Waals surface area contributed by atoms with Crippen LogP contribution >= 0.6 is 11.3 Å². The molecule has 0 spiro atoms. The van der Waals surface area contributed by atoms with Crippen LogP contribution in [0.3, 0.4) is 0 Å². The minimum atomic E-state index is -0.250. The number of aryl methyl sites for hydroxylation is 1. The highest BCUT2D eigenvalue weighted by atomic mass is 32.1. The van der Waals surface area contributed by atoms with Gasteiger partial charge >= 0.3 is 0 Å². The summed E-state index contributed by atoms with van der Waals surface area (Å²) in [5, 5.41) is 3.65. The third-order valence-electron chi connectivity index (χ3n) is 4.52. The first-order chi connectivity index (χ1) is 11.2. The highest BCUT2D eigenvalue weighted by Gasteiger charge is 2.34. The Morgan fingerprint density at radius 2 is 2.43 bits per heavy atom. The number of imidazole rings is 1. The van der Waals surface area contributed by atoms with Gasteiger partial charge in [0.1, 0.15) is 6.04 Å². The third kappa shape index (κ3) is 2.80. The number of nitrogens with zero attached hydrogens (tertiary/aromatic N) is 4. The lowest BCUT2D eigenvalue weighted by Gasteiger charge is -2.34. The van der Waals surface area contributed by atoms with Gasteiger partial charge in [0.25, 0.3) is 5.91 Å². The molecule has 1 atom stereocenters. The van der Waals surface area contributed by atoms with Crippen molar-refractivity contribution in [1.29, 1.82) is 0 Å². The maximum atomic E-state index is 12.8. The molecule has 0 aliphatic carbocycles. The lowest BCUT2D eigenvalue weighted by molar-refractivity contribution is -0.173. The summed E-state index contributed by atoms with van der Waals surface area (Å²) in [7, 11) is 0. The molecule has 4 rings (SSSR count). The van der Waals surface area contributed by atoms with Gasteiger partial charge in [-0.15, -0.1) is 11.3 Å². The van der Waals surface area contributed by atoms with E-state index in [0.29, 0.717) is 19.7 Å². The van der Waals surface area contributed by atoms with Gasteiger partial charge in [-0.05, 0) is 30.4 Å². The van der Waals surface area contributed by atoms with Crippen molar-refractivity contribution >= 4 is 17.2 Å². The Bertz CT molecular complexity index is 705. The Labute approximate surface area is 139 Å². The molecule has 0 saturated carbocycles. The smallest absolute Gasteiger partial charge is 0.270 e. The van der Waals surface area contributed by atoms with Crippen LogP contribution < -0.4 is 0 Å². The molecule has 122 valence electrons. The molecule has 1 fully saturated rings. The molecule has 0 aromatic carbocycles. The fourth-order valence-electron chi connectivity index (χ4n) is 3.24. The third-order valence-corrected chi connectivity index (χ3v) is 5.53. The zero-order chi connectivity index (χ0) is 15.8. The van der Waals surface area contributed by atoms with Gasteiger partial charge in [-0.25, -0.2) is 10.0 Å². The van der Waals surface area contributed by atoms with Crippen LogP contribution in [0.25, 0.3) is 0 Å². The minimum Gasteiger partial charge on any atom is -0.319 e. The zero-order valence-electron chi connectivity index (χ0n) is 13.1. The van der Waals surface area contributed by atoms with Gasteiger partial charge in [0.15, 0.2) is 0 Å². The number of hydrogen-bond donors (Lipinski definition) is 0. The summed E-state index contributed by atoms with van der Waals surface area (Å²) in [5.41, 5.74) is 2.41. The molecule has 2 aromatic heterocycles. The van der Waals surface area contributed by atoms with Crippen molar-refractivity contribution in [1.82, 2.24) is 19.5 Å². The molecule has 23 heavy (non-hydrogen) atoms. The van der Waals surface area contributed by atoms with E-state index in [1.165, 1.54) is 15.5 Å². The van der Waals surface area contributed by atoms with Gasteiger partial charge < -0.3 is 4.57 Å². The standard InChI is InChI=1S/C16H20N4O2S/c1-12-3-6-23-15(12)10-18-8-13-7-17-11-19(13)14(9-18)16(21)20-4-2-5-22-20/h3,6-7,11,14H,2,4-5,8-10H2,1H3/t14-/m1/s1. The summed E-state index contributed by atoms with van der Waals surface area (Å²) >= 11 is 1.78. The largest absolute Gasteiger partial charge is 0.319 e. The molecular formula is C16H20N4O2S. The van der Waals surface area contributed by atoms with Crippen molar-refractivity contribution < 1.29 is 9.63 Å². The molecule has 2 aromatic rings. The average molecular weight is 332 g/mol. The average Bonchev–Trinajstić information content (AvgIpc) is 3.28. The lowest BCUT2D eigenvalue weighted by atomic mass is 10.1. The van der Waals surface area contributed by atoms with E-state index in [9.17, 15) is 4.79 Å². The van der Waals surface area contributed by atoms with Crippen LogP contribution in [0, 0.1) is 6.92 Å². The molecular weight excluding hydrogens is 312 g/mol. The van der Waals surface area contributed by atoms with E-state index in [2.05, 4.69) is 28.3 Å². The van der Waals surface area contributed by atoms with E-state index >= 15 is 0 Å². The van der Waals surface area contributed by atoms with E-state index in [-0.39, 0.29) is 11.9 Å². The minimum absolute atomic E-state index is 0.0364. The van der Waals surface area contributed by atoms with Crippen molar-refractivity contribution in [3.05, 3.63) is 40.1 Å². The fraction of sp³-hybridized carbons (Fsp3) is 0.500. The summed E-state index contributed by atoms with van der Waals surface area (Å²) in [6.45, 7) is 5.85. The number of fused-ring (bicyclic) bond motifs is 1. The number of hydrogen-bond acceptors (Lipinski definition) is 5. The highest BCUT2D eigenvalue weighted by Crippen LogP contribution is 2.27. The van der Waals surface area contributed by atoms with Crippen molar-refractivity contribution in [2.75, 3.05) is 19.7 Å². The van der Waals surface area contributed by atoms with Gasteiger partial charge in [0, 0.05) is 30.7 Å². The quantitative estimate of drug-likeness (QED) is 0.862. The first-order valence-corrected chi connectivity index (χ1v) is 8.80. The Balaban J connectivity index is 1.56. The monoisotopic (exact) mass is 332 g/mol. The van der Waals surface area contributed by atoms with Crippen LogP contribution in [0.2, 0.25) is 0 Å². The normalized spacial score (nSPS) is 21.6. The van der Waals surface area contributed by atoms with Crippen LogP contribution in [0.4, 0.5) is 0 Å². The van der Waals surface area contributed by atoms with Gasteiger partial charge in [-0.1, -0.05) is 0 Å². The Hall–Kier alpha value is -1.70. The lowest BCUT2D eigenvalue weighted by Crippen LogP contribution is -2.44. The molecule has 2 aliphatic heterocycles. The number of aromatic nitrogens is 2. The molecule has 1 saturated heterocycles. The van der Waals surface area contributed by atoms with Crippen LogP contribution in [-0.4, -0.2) is 45.1 Å². The van der Waals surface area contributed by atoms with E-state index in [0.717, 1.165) is 25.2 Å². The molecule has 0 bridgehead atoms. The number of carbonyl (C=O) groups excluding carboxylic acids is 1. The van der Waals surface area contributed by atoms with Crippen molar-refractivity contribution in [3.8, 4) is 0 Å². The second-order valence-corrected chi connectivity index (χ2v) is 7.13. The molecule has 0 unspecified atom stereocenters. The first kappa shape index (κ1) is 14.9. The Morgan fingerprint density at radius 3 is 3.17 bits per heavy atom. The van der Waals surface area contributed by atoms with Gasteiger partial charge in [-0.3, -0.25) is 14.5 Å². The number of hydroxylamine groups is 2. The molecule has 7 heteroatoms. The summed E-state index contributed by atoms with van der Waals surface area (Å²) in [6, 6.07) is 1.90. The predicted molar refractivity (Wildman–Crippen MR) is 86.7 cm³/mol. The van der Waals surface area contributed by atoms with Crippen molar-refractivity contribution in [2.45, 2.75) is 32.5 Å². The van der Waals surface area contributed by atoms with Crippen molar-refractivity contribution in [2.24, 2.45) is 0 Å². The highest BCUT2D eigenvalue weighted by molar-refractivity contribution is 7.10. The van der Waals surface area contributed by atoms with Gasteiger partial charge in [-0.2, -0.15) is 0 Å². The number of carbonyl (C=O) groups is 1. The first-order valence-electron chi connectivity index (χ1n) is 7.92. The van der Waals surface area contributed by atoms with Crippen LogP contribution in [0.15, 0.2) is 24.0 Å². The molecule has 0 radical (unpaired) electrons. The summed E-state index contributed by atoms with van der Waals surface area (Å²) in [6.07, 6.45) is 4.54. The maximum Gasteiger partial charge on any atom is 0.270 e. The summed E-state index contributed by atoms with van der Waals surface area (Å²) in [5.74, 6) is 0.0364. The molecule has 0 N–H and O–H groups in total. The number of rotatable bonds is 3. The molecule has 2 aliphatic rings.